The van der Waals surface area contributed by atoms with E-state index < -0.39 is 12.1 Å². The van der Waals surface area contributed by atoms with E-state index in [0.29, 0.717) is 6.42 Å². The summed E-state index contributed by atoms with van der Waals surface area (Å²) in [5, 5.41) is 5.88. The van der Waals surface area contributed by atoms with Gasteiger partial charge in [-0.15, -0.1) is 0 Å². The van der Waals surface area contributed by atoms with Crippen LogP contribution >= 0.6 is 0 Å². The van der Waals surface area contributed by atoms with Crippen molar-refractivity contribution in [2.75, 3.05) is 7.11 Å². The number of rotatable bonds is 1. The minimum absolute atomic E-state index is 0.331. The molecule has 0 bridgehead atoms. The largest absolute Gasteiger partial charge is 0.453 e. The first-order chi connectivity index (χ1) is 5.74. The number of hydrogen-bond acceptors (Lipinski definition) is 4. The summed E-state index contributed by atoms with van der Waals surface area (Å²) < 4.78 is 4.33. The number of nitrogens with zero attached hydrogens (tertiary/aromatic N) is 1. The summed E-state index contributed by atoms with van der Waals surface area (Å²) >= 11 is 0. The van der Waals surface area contributed by atoms with E-state index in [-0.39, 0.29) is 5.91 Å². The van der Waals surface area contributed by atoms with Gasteiger partial charge in [-0.3, -0.25) is 4.79 Å². The molecular formula is C6H9N3O3. The first kappa shape index (κ1) is 8.51. The first-order valence-electron chi connectivity index (χ1n) is 3.40. The van der Waals surface area contributed by atoms with Crippen LogP contribution in [0.4, 0.5) is 4.79 Å². The van der Waals surface area contributed by atoms with Gasteiger partial charge in [0.05, 0.1) is 7.11 Å². The van der Waals surface area contributed by atoms with E-state index >= 15 is 0 Å². The van der Waals surface area contributed by atoms with Gasteiger partial charge in [-0.25, -0.2) is 10.2 Å². The summed E-state index contributed by atoms with van der Waals surface area (Å²) in [6.45, 7) is 0. The normalized spacial score (nSPS) is 21.4. The zero-order valence-corrected chi connectivity index (χ0v) is 6.53. The van der Waals surface area contributed by atoms with Gasteiger partial charge in [-0.05, 0) is 0 Å². The molecule has 12 heavy (non-hydrogen) atoms. The smallest absolute Gasteiger partial charge is 0.407 e. The number of ether oxygens (including phenoxy) is 1. The summed E-state index contributed by atoms with van der Waals surface area (Å²) in [4.78, 5) is 21.6. The molecule has 1 unspecified atom stereocenters. The highest BCUT2D eigenvalue weighted by molar-refractivity contribution is 5.90. The lowest BCUT2D eigenvalue weighted by atomic mass is 10.2. The van der Waals surface area contributed by atoms with Crippen molar-refractivity contribution in [3.05, 3.63) is 0 Å². The lowest BCUT2D eigenvalue weighted by Gasteiger charge is -2.16. The van der Waals surface area contributed by atoms with Crippen LogP contribution < -0.4 is 10.7 Å². The molecule has 0 aromatic heterocycles. The first-order valence-corrected chi connectivity index (χ1v) is 3.40. The van der Waals surface area contributed by atoms with Crippen LogP contribution in [-0.2, 0) is 9.53 Å². The highest BCUT2D eigenvalue weighted by Crippen LogP contribution is 1.94. The lowest BCUT2D eigenvalue weighted by molar-refractivity contribution is -0.123. The molecule has 0 radical (unpaired) electrons. The quantitative estimate of drug-likeness (QED) is 0.543. The Hall–Kier alpha value is -1.59. The monoisotopic (exact) mass is 171 g/mol. The topological polar surface area (TPSA) is 79.8 Å². The Labute approximate surface area is 69.0 Å². The van der Waals surface area contributed by atoms with E-state index in [0.717, 1.165) is 0 Å². The van der Waals surface area contributed by atoms with Crippen molar-refractivity contribution < 1.29 is 14.3 Å². The minimum Gasteiger partial charge on any atom is -0.453 e. The van der Waals surface area contributed by atoms with E-state index in [9.17, 15) is 9.59 Å². The van der Waals surface area contributed by atoms with Gasteiger partial charge in [-0.2, -0.15) is 5.10 Å². The molecule has 6 heteroatoms. The van der Waals surface area contributed by atoms with Crippen LogP contribution in [0.3, 0.4) is 0 Å². The number of carbonyl (C=O) groups is 2. The average Bonchev–Trinajstić information content (AvgIpc) is 2.09. The van der Waals surface area contributed by atoms with Gasteiger partial charge in [0.2, 0.25) is 0 Å². The van der Waals surface area contributed by atoms with Gasteiger partial charge in [-0.1, -0.05) is 0 Å². The van der Waals surface area contributed by atoms with Crippen LogP contribution in [0.5, 0.6) is 0 Å². The summed E-state index contributed by atoms with van der Waals surface area (Å²) in [7, 11) is 1.24. The van der Waals surface area contributed by atoms with Crippen molar-refractivity contribution in [3.8, 4) is 0 Å². The Morgan fingerprint density at radius 3 is 3.25 bits per heavy atom. The maximum Gasteiger partial charge on any atom is 0.407 e. The summed E-state index contributed by atoms with van der Waals surface area (Å²) in [5.74, 6) is -0.331. The third-order valence-electron chi connectivity index (χ3n) is 1.40. The average molecular weight is 171 g/mol. The lowest BCUT2D eigenvalue weighted by Crippen LogP contribution is -2.47. The second-order valence-electron chi connectivity index (χ2n) is 2.21. The van der Waals surface area contributed by atoms with Crippen molar-refractivity contribution in [1.82, 2.24) is 10.7 Å². The predicted octanol–water partition coefficient (Wildman–Crippen LogP) is -0.783. The highest BCUT2D eigenvalue weighted by Gasteiger charge is 2.21. The Morgan fingerprint density at radius 1 is 1.92 bits per heavy atom. The van der Waals surface area contributed by atoms with Crippen LogP contribution in [0.25, 0.3) is 0 Å². The zero-order chi connectivity index (χ0) is 8.97. The standard InChI is InChI=1S/C6H9N3O3/c1-12-6(11)8-4-2-3-7-9-5(4)10/h3-4H,2H2,1H3,(H,8,11)(H,9,10). The van der Waals surface area contributed by atoms with Crippen LogP contribution in [0, 0.1) is 0 Å². The third-order valence-corrected chi connectivity index (χ3v) is 1.40. The van der Waals surface area contributed by atoms with E-state index in [2.05, 4.69) is 20.6 Å². The molecule has 1 aliphatic rings. The van der Waals surface area contributed by atoms with E-state index in [1.54, 1.807) is 0 Å². The van der Waals surface area contributed by atoms with Crippen molar-refractivity contribution in [2.45, 2.75) is 12.5 Å². The second-order valence-corrected chi connectivity index (χ2v) is 2.21. The molecule has 66 valence electrons. The number of carbonyl (C=O) groups excluding carboxylic acids is 2. The number of alkyl carbamates (subject to hydrolysis) is 1. The number of hydrogen-bond donors (Lipinski definition) is 2. The van der Waals surface area contributed by atoms with E-state index in [4.69, 9.17) is 0 Å². The maximum atomic E-state index is 11.0. The van der Waals surface area contributed by atoms with Crippen molar-refractivity contribution in [2.24, 2.45) is 5.10 Å². The van der Waals surface area contributed by atoms with Gasteiger partial charge < -0.3 is 10.1 Å². The molecule has 2 N–H and O–H groups in total. The number of amides is 2. The van der Waals surface area contributed by atoms with Crippen molar-refractivity contribution in [3.63, 3.8) is 0 Å². The minimum atomic E-state index is -0.620. The molecule has 1 heterocycles. The van der Waals surface area contributed by atoms with E-state index in [1.807, 2.05) is 0 Å². The van der Waals surface area contributed by atoms with Crippen LogP contribution in [0.2, 0.25) is 0 Å². The third kappa shape index (κ3) is 1.94. The zero-order valence-electron chi connectivity index (χ0n) is 6.53. The fourth-order valence-electron chi connectivity index (χ4n) is 0.778. The molecule has 0 aromatic rings. The molecule has 0 saturated heterocycles. The Bertz CT molecular complexity index is 226. The fraction of sp³-hybridized carbons (Fsp3) is 0.500. The number of methoxy groups -OCH3 is 1. The summed E-state index contributed by atoms with van der Waals surface area (Å²) in [5.41, 5.74) is 2.22. The number of hydrazone groups is 1. The van der Waals surface area contributed by atoms with Gasteiger partial charge >= 0.3 is 6.09 Å². The second kappa shape index (κ2) is 3.70. The highest BCUT2D eigenvalue weighted by atomic mass is 16.5. The number of nitrogens with one attached hydrogen (secondary N) is 2. The van der Waals surface area contributed by atoms with Gasteiger partial charge in [0.25, 0.3) is 5.91 Å². The molecular weight excluding hydrogens is 162 g/mol. The molecule has 0 spiro atoms. The SMILES string of the molecule is COC(=O)NC1CC=NNC1=O. The summed E-state index contributed by atoms with van der Waals surface area (Å²) in [6.07, 6.45) is 1.29. The van der Waals surface area contributed by atoms with Crippen molar-refractivity contribution >= 4 is 18.2 Å². The predicted molar refractivity (Wildman–Crippen MR) is 40.6 cm³/mol. The molecule has 2 amide bonds. The van der Waals surface area contributed by atoms with E-state index in [1.165, 1.54) is 13.3 Å². The van der Waals surface area contributed by atoms with Gasteiger partial charge in [0, 0.05) is 12.6 Å². The van der Waals surface area contributed by atoms with Crippen LogP contribution in [-0.4, -0.2) is 31.4 Å². The molecule has 6 nitrogen and oxygen atoms in total. The molecule has 0 aromatic carbocycles. The van der Waals surface area contributed by atoms with Crippen molar-refractivity contribution in [1.29, 1.82) is 0 Å². The van der Waals surface area contributed by atoms with Crippen LogP contribution in [0.1, 0.15) is 6.42 Å². The molecule has 1 aliphatic heterocycles. The molecule has 0 aliphatic carbocycles. The molecule has 1 atom stereocenters. The Morgan fingerprint density at radius 2 is 2.67 bits per heavy atom. The Balaban J connectivity index is 2.46. The summed E-state index contributed by atoms with van der Waals surface area (Å²) in [6, 6.07) is -0.574. The maximum absolute atomic E-state index is 11.0. The fourth-order valence-corrected chi connectivity index (χ4v) is 0.778. The molecule has 1 rings (SSSR count). The molecule has 0 saturated carbocycles. The molecule has 0 fully saturated rings. The van der Waals surface area contributed by atoms with Gasteiger partial charge in [0.1, 0.15) is 6.04 Å². The van der Waals surface area contributed by atoms with Gasteiger partial charge in [0.15, 0.2) is 0 Å². The Kier molecular flexibility index (Phi) is 2.62. The van der Waals surface area contributed by atoms with Crippen LogP contribution in [0.15, 0.2) is 5.10 Å².